The maximum atomic E-state index is 11.3. The van der Waals surface area contributed by atoms with Crippen LogP contribution < -0.4 is 4.74 Å². The fourth-order valence-electron chi connectivity index (χ4n) is 3.90. The van der Waals surface area contributed by atoms with Gasteiger partial charge in [-0.1, -0.05) is 26.0 Å². The Labute approximate surface area is 196 Å². The molecule has 2 aromatic rings. The van der Waals surface area contributed by atoms with Gasteiger partial charge in [-0.3, -0.25) is 0 Å². The van der Waals surface area contributed by atoms with Crippen LogP contribution >= 0.6 is 0 Å². The van der Waals surface area contributed by atoms with Gasteiger partial charge in [0.15, 0.2) is 29.1 Å². The van der Waals surface area contributed by atoms with Gasteiger partial charge in [-0.25, -0.2) is 4.79 Å². The number of hydrogen-bond donors (Lipinski definition) is 7. The molecule has 3 rings (SSSR count). The van der Waals surface area contributed by atoms with Gasteiger partial charge in [0.25, 0.3) is 0 Å². The Kier molecular flexibility index (Phi) is 7.88. The maximum absolute atomic E-state index is 11.3. The van der Waals surface area contributed by atoms with Crippen LogP contribution in [0.25, 0.3) is 0 Å². The summed E-state index contributed by atoms with van der Waals surface area (Å²) in [5, 5.41) is 68.4. The standard InChI is InChI=1S/C24H30O10/c1-11(7-13-3-5-15(25)17(27)9-13)12(2)8-14-4-6-16(26)18(10-14)33-24-21(30)19(28)20(29)22(34-24)23(31)32/h3-6,9-12,19-22,24-30H,7-8H2,1-2H3,(H,31,32)/t11-,12+,19-,20-,21+,22-,24+/m1/s1. The first kappa shape index (κ1) is 25.6. The van der Waals surface area contributed by atoms with Crippen LogP contribution in [-0.2, 0) is 22.4 Å². The molecule has 34 heavy (non-hydrogen) atoms. The van der Waals surface area contributed by atoms with Crippen molar-refractivity contribution in [3.05, 3.63) is 47.5 Å². The zero-order valence-electron chi connectivity index (χ0n) is 18.8. The molecule has 10 heteroatoms. The van der Waals surface area contributed by atoms with Gasteiger partial charge in [-0.2, -0.15) is 0 Å². The number of aliphatic hydroxyl groups is 3. The molecule has 0 amide bonds. The lowest BCUT2D eigenvalue weighted by Gasteiger charge is -2.38. The maximum Gasteiger partial charge on any atom is 0.335 e. The molecule has 1 heterocycles. The molecule has 0 aromatic heterocycles. The fourth-order valence-corrected chi connectivity index (χ4v) is 3.90. The molecule has 1 fully saturated rings. The smallest absolute Gasteiger partial charge is 0.335 e. The molecular weight excluding hydrogens is 448 g/mol. The Morgan fingerprint density at radius 3 is 1.97 bits per heavy atom. The SMILES string of the molecule is C[C@H](Cc1ccc(O)c(O)c1)[C@@H](C)Cc1ccc(O)c(O[C@H]2O[C@@H](C(=O)O)[C@H](O)[C@@H](O)[C@@H]2O)c1. The second kappa shape index (κ2) is 10.5. The molecule has 0 unspecified atom stereocenters. The average Bonchev–Trinajstić information content (AvgIpc) is 2.78. The van der Waals surface area contributed by atoms with E-state index < -0.39 is 36.7 Å². The molecule has 0 spiro atoms. The Morgan fingerprint density at radius 2 is 1.41 bits per heavy atom. The number of aromatic hydroxyl groups is 3. The van der Waals surface area contributed by atoms with Gasteiger partial charge < -0.3 is 45.2 Å². The first-order chi connectivity index (χ1) is 16.0. The van der Waals surface area contributed by atoms with Crippen molar-refractivity contribution >= 4 is 5.97 Å². The molecule has 2 aromatic carbocycles. The van der Waals surface area contributed by atoms with Crippen molar-refractivity contribution in [2.45, 2.75) is 57.4 Å². The second-order valence-electron chi connectivity index (χ2n) is 8.84. The number of aliphatic hydroxyl groups excluding tert-OH is 3. The summed E-state index contributed by atoms with van der Waals surface area (Å²) in [4.78, 5) is 11.3. The number of phenolic OH excluding ortho intramolecular Hbond substituents is 3. The number of rotatable bonds is 8. The van der Waals surface area contributed by atoms with E-state index in [0.717, 1.165) is 11.1 Å². The fraction of sp³-hybridized carbons (Fsp3) is 0.458. The third-order valence-corrected chi connectivity index (χ3v) is 6.21. The van der Waals surface area contributed by atoms with Crippen LogP contribution in [0.4, 0.5) is 0 Å². The van der Waals surface area contributed by atoms with Crippen LogP contribution in [0.15, 0.2) is 36.4 Å². The lowest BCUT2D eigenvalue weighted by Crippen LogP contribution is -2.61. The third-order valence-electron chi connectivity index (χ3n) is 6.21. The van der Waals surface area contributed by atoms with E-state index in [4.69, 9.17) is 9.47 Å². The second-order valence-corrected chi connectivity index (χ2v) is 8.84. The van der Waals surface area contributed by atoms with Gasteiger partial charge in [0.1, 0.15) is 18.3 Å². The lowest BCUT2D eigenvalue weighted by atomic mass is 9.85. The number of aliphatic carboxylic acids is 1. The Bertz CT molecular complexity index is 1010. The van der Waals surface area contributed by atoms with Gasteiger partial charge in [0.05, 0.1) is 0 Å². The summed E-state index contributed by atoms with van der Waals surface area (Å²) in [5.41, 5.74) is 1.67. The van der Waals surface area contributed by atoms with E-state index in [-0.39, 0.29) is 34.8 Å². The minimum atomic E-state index is -1.84. The number of ether oxygens (including phenoxy) is 2. The number of hydrogen-bond acceptors (Lipinski definition) is 9. The Morgan fingerprint density at radius 1 is 0.853 bits per heavy atom. The van der Waals surface area contributed by atoms with E-state index >= 15 is 0 Å². The molecule has 1 aliphatic heterocycles. The summed E-state index contributed by atoms with van der Waals surface area (Å²) >= 11 is 0. The average molecular weight is 478 g/mol. The minimum Gasteiger partial charge on any atom is -0.504 e. The summed E-state index contributed by atoms with van der Waals surface area (Å²) in [7, 11) is 0. The molecule has 0 saturated carbocycles. The lowest BCUT2D eigenvalue weighted by molar-refractivity contribution is -0.271. The summed E-state index contributed by atoms with van der Waals surface area (Å²) < 4.78 is 10.6. The van der Waals surface area contributed by atoms with Gasteiger partial charge >= 0.3 is 5.97 Å². The van der Waals surface area contributed by atoms with Crippen LogP contribution in [-0.4, -0.2) is 72.4 Å². The summed E-state index contributed by atoms with van der Waals surface area (Å²) in [6.07, 6.45) is -7.58. The molecular formula is C24H30O10. The van der Waals surface area contributed by atoms with Crippen LogP contribution in [0.2, 0.25) is 0 Å². The van der Waals surface area contributed by atoms with Crippen molar-refractivity contribution in [2.24, 2.45) is 11.8 Å². The highest BCUT2D eigenvalue weighted by Gasteiger charge is 2.48. The zero-order valence-corrected chi connectivity index (χ0v) is 18.8. The van der Waals surface area contributed by atoms with Crippen molar-refractivity contribution in [1.29, 1.82) is 0 Å². The van der Waals surface area contributed by atoms with E-state index in [1.165, 1.54) is 24.3 Å². The molecule has 7 atom stereocenters. The predicted molar refractivity (Wildman–Crippen MR) is 119 cm³/mol. The van der Waals surface area contributed by atoms with E-state index in [1.807, 2.05) is 6.92 Å². The summed E-state index contributed by atoms with van der Waals surface area (Å²) in [5.74, 6) is -1.87. The van der Waals surface area contributed by atoms with Crippen LogP contribution in [0.5, 0.6) is 23.0 Å². The molecule has 10 nitrogen and oxygen atoms in total. The molecule has 1 saturated heterocycles. The molecule has 7 N–H and O–H groups in total. The zero-order chi connectivity index (χ0) is 25.2. The monoisotopic (exact) mass is 478 g/mol. The highest BCUT2D eigenvalue weighted by atomic mass is 16.7. The quantitative estimate of drug-likeness (QED) is 0.272. The van der Waals surface area contributed by atoms with E-state index in [9.17, 15) is 40.5 Å². The normalized spacial score (nSPS) is 26.6. The highest BCUT2D eigenvalue weighted by molar-refractivity contribution is 5.73. The number of phenols is 3. The van der Waals surface area contributed by atoms with Gasteiger partial charge in [-0.15, -0.1) is 0 Å². The third kappa shape index (κ3) is 5.71. The number of benzene rings is 2. The van der Waals surface area contributed by atoms with Gasteiger partial charge in [0.2, 0.25) is 6.29 Å². The number of carboxylic acids is 1. The molecule has 186 valence electrons. The molecule has 0 aliphatic carbocycles. The van der Waals surface area contributed by atoms with Crippen LogP contribution in [0.1, 0.15) is 25.0 Å². The molecule has 0 radical (unpaired) electrons. The predicted octanol–water partition coefficient (Wildman–Crippen LogP) is 1.13. The van der Waals surface area contributed by atoms with Crippen molar-refractivity contribution in [3.8, 4) is 23.0 Å². The number of carbonyl (C=O) groups is 1. The minimum absolute atomic E-state index is 0.0717. The molecule has 1 aliphatic rings. The van der Waals surface area contributed by atoms with Crippen molar-refractivity contribution in [3.63, 3.8) is 0 Å². The van der Waals surface area contributed by atoms with Gasteiger partial charge in [-0.05, 0) is 60.1 Å². The highest BCUT2D eigenvalue weighted by Crippen LogP contribution is 2.33. The largest absolute Gasteiger partial charge is 0.504 e. The molecule has 0 bridgehead atoms. The van der Waals surface area contributed by atoms with Crippen molar-refractivity contribution in [1.82, 2.24) is 0 Å². The first-order valence-electron chi connectivity index (χ1n) is 10.9. The van der Waals surface area contributed by atoms with Crippen LogP contribution in [0.3, 0.4) is 0 Å². The summed E-state index contributed by atoms with van der Waals surface area (Å²) in [6, 6.07) is 9.35. The van der Waals surface area contributed by atoms with Crippen LogP contribution in [0, 0.1) is 11.8 Å². The summed E-state index contributed by atoms with van der Waals surface area (Å²) in [6.45, 7) is 4.10. The topological polar surface area (TPSA) is 177 Å². The first-order valence-corrected chi connectivity index (χ1v) is 10.9. The van der Waals surface area contributed by atoms with E-state index in [1.54, 1.807) is 12.1 Å². The number of carboxylic acid groups (broad SMARTS) is 1. The Hall–Kier alpha value is -3.05. The Balaban J connectivity index is 1.69. The van der Waals surface area contributed by atoms with E-state index in [2.05, 4.69) is 6.92 Å². The van der Waals surface area contributed by atoms with Crippen molar-refractivity contribution < 1.29 is 50.0 Å². The van der Waals surface area contributed by atoms with Gasteiger partial charge in [0, 0.05) is 0 Å². The van der Waals surface area contributed by atoms with E-state index in [0.29, 0.717) is 12.8 Å². The van der Waals surface area contributed by atoms with Crippen molar-refractivity contribution in [2.75, 3.05) is 0 Å².